The summed E-state index contributed by atoms with van der Waals surface area (Å²) in [4.78, 5) is 2.71. The zero-order chi connectivity index (χ0) is 13.8. The quantitative estimate of drug-likeness (QED) is 0.740. The minimum atomic E-state index is 0.539. The molecule has 112 valence electrons. The van der Waals surface area contributed by atoms with E-state index in [0.29, 0.717) is 6.10 Å². The standard InChI is InChI=1S/C16H31NO2/c1-12-13(2)17(7-5-15(12)6-8-18-3)11-14-9-16(10-14)19-4/h12-16H,5-11H2,1-4H3/t12-,13+,14-,15-,16-/m0/s1. The van der Waals surface area contributed by atoms with Crippen LogP contribution in [0.2, 0.25) is 0 Å². The molecule has 19 heavy (non-hydrogen) atoms. The van der Waals surface area contributed by atoms with Gasteiger partial charge in [0.15, 0.2) is 0 Å². The fourth-order valence-electron chi connectivity index (χ4n) is 3.81. The van der Waals surface area contributed by atoms with Crippen molar-refractivity contribution in [1.29, 1.82) is 0 Å². The van der Waals surface area contributed by atoms with Gasteiger partial charge in [-0.25, -0.2) is 0 Å². The maximum atomic E-state index is 5.38. The molecule has 2 rings (SSSR count). The number of rotatable bonds is 6. The minimum absolute atomic E-state index is 0.539. The summed E-state index contributed by atoms with van der Waals surface area (Å²) in [5.74, 6) is 2.51. The third kappa shape index (κ3) is 3.71. The number of piperidine rings is 1. The number of hydrogen-bond donors (Lipinski definition) is 0. The summed E-state index contributed by atoms with van der Waals surface area (Å²) in [5.41, 5.74) is 0. The Bertz CT molecular complexity index is 265. The van der Waals surface area contributed by atoms with Crippen LogP contribution in [-0.4, -0.2) is 51.0 Å². The van der Waals surface area contributed by atoms with Crippen LogP contribution in [0.5, 0.6) is 0 Å². The molecule has 2 fully saturated rings. The van der Waals surface area contributed by atoms with Gasteiger partial charge in [0.05, 0.1) is 6.10 Å². The molecule has 0 amide bonds. The zero-order valence-electron chi connectivity index (χ0n) is 13.1. The van der Waals surface area contributed by atoms with E-state index in [-0.39, 0.29) is 0 Å². The summed E-state index contributed by atoms with van der Waals surface area (Å²) in [5, 5.41) is 0. The lowest BCUT2D eigenvalue weighted by atomic mass is 9.77. The molecule has 0 radical (unpaired) electrons. The van der Waals surface area contributed by atoms with Crippen LogP contribution < -0.4 is 0 Å². The summed E-state index contributed by atoms with van der Waals surface area (Å²) in [6.45, 7) is 8.31. The van der Waals surface area contributed by atoms with E-state index in [2.05, 4.69) is 18.7 Å². The SMILES string of the molecule is COCC[C@@H]1CCN(C[C@H]2C[C@H](OC)C2)[C@H](C)[C@@H]1C. The molecule has 0 bridgehead atoms. The summed E-state index contributed by atoms with van der Waals surface area (Å²) in [6, 6.07) is 0.720. The van der Waals surface area contributed by atoms with Gasteiger partial charge < -0.3 is 14.4 Å². The van der Waals surface area contributed by atoms with E-state index >= 15 is 0 Å². The molecule has 1 saturated heterocycles. The molecule has 0 aromatic carbocycles. The smallest absolute Gasteiger partial charge is 0.0577 e. The first kappa shape index (κ1) is 15.3. The Morgan fingerprint density at radius 2 is 1.89 bits per heavy atom. The van der Waals surface area contributed by atoms with Crippen LogP contribution in [-0.2, 0) is 9.47 Å². The van der Waals surface area contributed by atoms with Crippen molar-refractivity contribution < 1.29 is 9.47 Å². The second-order valence-corrected chi connectivity index (χ2v) is 6.62. The van der Waals surface area contributed by atoms with Gasteiger partial charge in [0.1, 0.15) is 0 Å². The van der Waals surface area contributed by atoms with Crippen LogP contribution >= 0.6 is 0 Å². The lowest BCUT2D eigenvalue weighted by molar-refractivity contribution is -0.0303. The van der Waals surface area contributed by atoms with E-state index in [0.717, 1.165) is 30.4 Å². The van der Waals surface area contributed by atoms with Crippen LogP contribution in [0.15, 0.2) is 0 Å². The van der Waals surface area contributed by atoms with Gasteiger partial charge in [-0.1, -0.05) is 6.92 Å². The van der Waals surface area contributed by atoms with Crippen molar-refractivity contribution in [2.24, 2.45) is 17.8 Å². The summed E-state index contributed by atoms with van der Waals surface area (Å²) < 4.78 is 10.6. The lowest BCUT2D eigenvalue weighted by Crippen LogP contribution is -2.50. The highest BCUT2D eigenvalue weighted by atomic mass is 16.5. The number of methoxy groups -OCH3 is 2. The molecule has 3 heteroatoms. The van der Waals surface area contributed by atoms with E-state index in [9.17, 15) is 0 Å². The Labute approximate surface area is 118 Å². The average molecular weight is 269 g/mol. The van der Waals surface area contributed by atoms with Gasteiger partial charge in [-0.05, 0) is 56.9 Å². The second kappa shape index (κ2) is 7.05. The highest BCUT2D eigenvalue weighted by Gasteiger charge is 2.36. The molecule has 0 unspecified atom stereocenters. The van der Waals surface area contributed by atoms with Crippen molar-refractivity contribution in [3.05, 3.63) is 0 Å². The van der Waals surface area contributed by atoms with E-state index in [1.165, 1.54) is 38.8 Å². The molecular weight excluding hydrogens is 238 g/mol. The molecule has 0 N–H and O–H groups in total. The molecule has 2 aliphatic rings. The van der Waals surface area contributed by atoms with Gasteiger partial charge in [-0.3, -0.25) is 0 Å². The Morgan fingerprint density at radius 1 is 1.16 bits per heavy atom. The molecule has 0 aromatic heterocycles. The number of likely N-dealkylation sites (tertiary alicyclic amines) is 1. The monoisotopic (exact) mass is 269 g/mol. The average Bonchev–Trinajstić information content (AvgIpc) is 2.37. The largest absolute Gasteiger partial charge is 0.385 e. The maximum absolute atomic E-state index is 5.38. The van der Waals surface area contributed by atoms with Crippen molar-refractivity contribution in [3.63, 3.8) is 0 Å². The highest BCUT2D eigenvalue weighted by Crippen LogP contribution is 2.35. The van der Waals surface area contributed by atoms with Crippen LogP contribution in [0.3, 0.4) is 0 Å². The summed E-state index contributed by atoms with van der Waals surface area (Å²) >= 11 is 0. The van der Waals surface area contributed by atoms with Gasteiger partial charge in [-0.15, -0.1) is 0 Å². The predicted octanol–water partition coefficient (Wildman–Crippen LogP) is 2.79. The molecule has 3 nitrogen and oxygen atoms in total. The molecule has 1 heterocycles. The third-order valence-electron chi connectivity index (χ3n) is 5.58. The van der Waals surface area contributed by atoms with E-state index < -0.39 is 0 Å². The van der Waals surface area contributed by atoms with Crippen molar-refractivity contribution in [1.82, 2.24) is 4.90 Å². The van der Waals surface area contributed by atoms with Crippen LogP contribution in [0.25, 0.3) is 0 Å². The first-order valence-electron chi connectivity index (χ1n) is 7.91. The molecule has 3 atom stereocenters. The summed E-state index contributed by atoms with van der Waals surface area (Å²) in [7, 11) is 3.65. The van der Waals surface area contributed by atoms with Crippen molar-refractivity contribution in [2.45, 2.75) is 51.7 Å². The van der Waals surface area contributed by atoms with Gasteiger partial charge in [0.25, 0.3) is 0 Å². The minimum Gasteiger partial charge on any atom is -0.385 e. The third-order valence-corrected chi connectivity index (χ3v) is 5.58. The second-order valence-electron chi connectivity index (χ2n) is 6.62. The van der Waals surface area contributed by atoms with Crippen LogP contribution in [0, 0.1) is 17.8 Å². The first-order chi connectivity index (χ1) is 9.15. The van der Waals surface area contributed by atoms with Crippen molar-refractivity contribution in [3.8, 4) is 0 Å². The molecule has 1 aliphatic heterocycles. The molecular formula is C16H31NO2. The van der Waals surface area contributed by atoms with Crippen LogP contribution in [0.4, 0.5) is 0 Å². The molecule has 0 aromatic rings. The fraction of sp³-hybridized carbons (Fsp3) is 1.00. The highest BCUT2D eigenvalue weighted by molar-refractivity contribution is 4.89. The van der Waals surface area contributed by atoms with Gasteiger partial charge in [0.2, 0.25) is 0 Å². The summed E-state index contributed by atoms with van der Waals surface area (Å²) in [6.07, 6.45) is 5.64. The van der Waals surface area contributed by atoms with E-state index in [1.54, 1.807) is 0 Å². The lowest BCUT2D eigenvalue weighted by Gasteiger charge is -2.46. The maximum Gasteiger partial charge on any atom is 0.0577 e. The molecule has 1 aliphatic carbocycles. The van der Waals surface area contributed by atoms with E-state index in [4.69, 9.17) is 9.47 Å². The van der Waals surface area contributed by atoms with Crippen molar-refractivity contribution in [2.75, 3.05) is 33.9 Å². The zero-order valence-corrected chi connectivity index (χ0v) is 13.1. The van der Waals surface area contributed by atoms with Gasteiger partial charge in [0, 0.05) is 33.4 Å². The Kier molecular flexibility index (Phi) is 5.67. The van der Waals surface area contributed by atoms with Crippen LogP contribution in [0.1, 0.15) is 39.5 Å². The number of nitrogens with zero attached hydrogens (tertiary/aromatic N) is 1. The van der Waals surface area contributed by atoms with E-state index in [1.807, 2.05) is 14.2 Å². The molecule has 0 spiro atoms. The molecule has 1 saturated carbocycles. The number of hydrogen-bond acceptors (Lipinski definition) is 3. The van der Waals surface area contributed by atoms with Gasteiger partial charge in [-0.2, -0.15) is 0 Å². The fourth-order valence-corrected chi connectivity index (χ4v) is 3.81. The predicted molar refractivity (Wildman–Crippen MR) is 78.3 cm³/mol. The van der Waals surface area contributed by atoms with Gasteiger partial charge >= 0.3 is 0 Å². The normalized spacial score (nSPS) is 40.1. The topological polar surface area (TPSA) is 21.7 Å². The number of ether oxygens (including phenoxy) is 2. The Morgan fingerprint density at radius 3 is 2.53 bits per heavy atom. The Hall–Kier alpha value is -0.120. The first-order valence-corrected chi connectivity index (χ1v) is 7.91. The van der Waals surface area contributed by atoms with Crippen molar-refractivity contribution >= 4 is 0 Å². The Balaban J connectivity index is 1.75.